The van der Waals surface area contributed by atoms with Gasteiger partial charge in [0.2, 0.25) is 5.91 Å². The Hall–Kier alpha value is -3.35. The van der Waals surface area contributed by atoms with Crippen molar-refractivity contribution < 1.29 is 9.53 Å². The highest BCUT2D eigenvalue weighted by Gasteiger charge is 2.30. The van der Waals surface area contributed by atoms with Crippen LogP contribution in [0.15, 0.2) is 84.7 Å². The van der Waals surface area contributed by atoms with Gasteiger partial charge in [-0.2, -0.15) is 0 Å². The molecule has 6 heteroatoms. The van der Waals surface area contributed by atoms with Gasteiger partial charge in [-0.1, -0.05) is 48.9 Å². The van der Waals surface area contributed by atoms with Crippen LogP contribution >= 0.6 is 0 Å². The number of carbonyl (C=O) groups excluding carboxylic acids is 1. The maximum atomic E-state index is 12.9. The molecule has 2 aliphatic heterocycles. The fourth-order valence-corrected chi connectivity index (χ4v) is 5.93. The Kier molecular flexibility index (Phi) is 8.12. The van der Waals surface area contributed by atoms with Gasteiger partial charge in [0.15, 0.2) is 0 Å². The molecule has 0 bridgehead atoms. The van der Waals surface area contributed by atoms with Gasteiger partial charge < -0.3 is 14.5 Å². The summed E-state index contributed by atoms with van der Waals surface area (Å²) in [4.78, 5) is 22.4. The Labute approximate surface area is 232 Å². The molecule has 0 radical (unpaired) electrons. The van der Waals surface area contributed by atoms with Crippen molar-refractivity contribution in [2.24, 2.45) is 0 Å². The van der Waals surface area contributed by atoms with Crippen molar-refractivity contribution in [1.82, 2.24) is 14.7 Å². The molecule has 0 aromatic heterocycles. The van der Waals surface area contributed by atoms with Gasteiger partial charge in [-0.3, -0.25) is 14.6 Å². The molecule has 1 amide bonds. The van der Waals surface area contributed by atoms with E-state index in [1.165, 1.54) is 36.1 Å². The Balaban J connectivity index is 0.960. The van der Waals surface area contributed by atoms with Crippen molar-refractivity contribution in [1.29, 1.82) is 0 Å². The molecule has 2 heterocycles. The summed E-state index contributed by atoms with van der Waals surface area (Å²) in [6.07, 6.45) is 13.5. The second kappa shape index (κ2) is 12.2. The summed E-state index contributed by atoms with van der Waals surface area (Å²) in [7, 11) is 0. The first-order valence-corrected chi connectivity index (χ1v) is 14.6. The van der Waals surface area contributed by atoms with Gasteiger partial charge in [-0.25, -0.2) is 0 Å². The number of benzene rings is 2. The van der Waals surface area contributed by atoms with Gasteiger partial charge in [0.1, 0.15) is 11.5 Å². The first-order chi connectivity index (χ1) is 19.2. The Morgan fingerprint density at radius 3 is 2.23 bits per heavy atom. The zero-order valence-corrected chi connectivity index (χ0v) is 22.9. The van der Waals surface area contributed by atoms with Crippen LogP contribution in [0.2, 0.25) is 0 Å². The molecule has 6 nitrogen and oxygen atoms in total. The molecule has 4 aliphatic rings. The average molecular weight is 525 g/mol. The van der Waals surface area contributed by atoms with E-state index in [0.29, 0.717) is 12.5 Å². The molecule has 2 aromatic carbocycles. The lowest BCUT2D eigenvalue weighted by Gasteiger charge is -2.43. The Bertz CT molecular complexity index is 1200. The Morgan fingerprint density at radius 2 is 1.54 bits per heavy atom. The second-order valence-corrected chi connectivity index (χ2v) is 11.1. The molecule has 2 aliphatic carbocycles. The number of anilines is 1. The Morgan fingerprint density at radius 1 is 0.795 bits per heavy atom. The second-order valence-electron chi connectivity index (χ2n) is 11.1. The lowest BCUT2D eigenvalue weighted by Crippen LogP contribution is -2.56. The molecule has 39 heavy (non-hydrogen) atoms. The van der Waals surface area contributed by atoms with E-state index in [1.807, 2.05) is 30.3 Å². The number of ether oxygens (including phenoxy) is 1. The predicted octanol–water partition coefficient (Wildman–Crippen LogP) is 4.81. The summed E-state index contributed by atoms with van der Waals surface area (Å²) in [5, 5.41) is 0. The van der Waals surface area contributed by atoms with Crippen molar-refractivity contribution in [3.05, 3.63) is 90.2 Å². The van der Waals surface area contributed by atoms with Crippen molar-refractivity contribution in [3.8, 4) is 5.75 Å². The topological polar surface area (TPSA) is 39.3 Å². The monoisotopic (exact) mass is 524 g/mol. The van der Waals surface area contributed by atoms with Crippen LogP contribution in [0.5, 0.6) is 5.75 Å². The van der Waals surface area contributed by atoms with Crippen LogP contribution in [-0.2, 0) is 4.79 Å². The predicted molar refractivity (Wildman–Crippen MR) is 158 cm³/mol. The van der Waals surface area contributed by atoms with E-state index >= 15 is 0 Å². The largest absolute Gasteiger partial charge is 0.458 e. The maximum absolute atomic E-state index is 12.9. The molecule has 0 unspecified atom stereocenters. The molecule has 2 saturated heterocycles. The van der Waals surface area contributed by atoms with Crippen molar-refractivity contribution >= 4 is 17.2 Å². The van der Waals surface area contributed by atoms with Crippen LogP contribution in [0.4, 0.5) is 5.69 Å². The number of amides is 1. The summed E-state index contributed by atoms with van der Waals surface area (Å²) in [5.41, 5.74) is 3.67. The minimum atomic E-state index is 0.303. The smallest absolute Gasteiger partial charge is 0.236 e. The quantitative estimate of drug-likeness (QED) is 0.520. The molecule has 1 saturated carbocycles. The van der Waals surface area contributed by atoms with E-state index in [4.69, 9.17) is 4.74 Å². The molecule has 6 rings (SSSR count). The zero-order valence-electron chi connectivity index (χ0n) is 22.9. The number of para-hydroxylation sites is 1. The highest BCUT2D eigenvalue weighted by atomic mass is 16.5. The van der Waals surface area contributed by atoms with Crippen LogP contribution in [0.25, 0.3) is 5.57 Å². The van der Waals surface area contributed by atoms with E-state index in [9.17, 15) is 4.79 Å². The van der Waals surface area contributed by atoms with Gasteiger partial charge in [-0.05, 0) is 66.8 Å². The number of allylic oxidation sites excluding steroid dienone is 5. The summed E-state index contributed by atoms with van der Waals surface area (Å²) in [5.74, 6) is 2.03. The lowest BCUT2D eigenvalue weighted by molar-refractivity contribution is -0.134. The van der Waals surface area contributed by atoms with Crippen LogP contribution in [0, 0.1) is 0 Å². The molecule has 2 aromatic rings. The fourth-order valence-electron chi connectivity index (χ4n) is 5.93. The maximum Gasteiger partial charge on any atom is 0.236 e. The third kappa shape index (κ3) is 6.45. The third-order valence-electron chi connectivity index (χ3n) is 8.62. The molecule has 3 fully saturated rings. The van der Waals surface area contributed by atoms with E-state index in [2.05, 4.69) is 68.2 Å². The highest BCUT2D eigenvalue weighted by molar-refractivity contribution is 5.78. The molecule has 204 valence electrons. The summed E-state index contributed by atoms with van der Waals surface area (Å²) >= 11 is 0. The molecular formula is C33H40N4O2. The number of hydrogen-bond acceptors (Lipinski definition) is 5. The summed E-state index contributed by atoms with van der Waals surface area (Å²) in [6.45, 7) is 8.20. The van der Waals surface area contributed by atoms with Crippen molar-refractivity contribution in [2.75, 3.05) is 63.8 Å². The van der Waals surface area contributed by atoms with E-state index in [-0.39, 0.29) is 0 Å². The zero-order chi connectivity index (χ0) is 26.4. The average Bonchev–Trinajstić information content (AvgIpc) is 3.19. The van der Waals surface area contributed by atoms with E-state index in [1.54, 1.807) is 0 Å². The number of rotatable bonds is 7. The SMILES string of the molecule is O=C(CN1CCN(c2ccc(C3=CCC=C(Oc4ccccc4)C=C3)cc2)CC1)N1CCN(C2CCC2)CC1. The highest BCUT2D eigenvalue weighted by Crippen LogP contribution is 2.27. The van der Waals surface area contributed by atoms with Gasteiger partial charge in [0.05, 0.1) is 6.54 Å². The van der Waals surface area contributed by atoms with E-state index in [0.717, 1.165) is 76.3 Å². The van der Waals surface area contributed by atoms with Crippen LogP contribution in [0.1, 0.15) is 31.2 Å². The number of nitrogens with zero attached hydrogens (tertiary/aromatic N) is 4. The molecule has 0 atom stereocenters. The van der Waals surface area contributed by atoms with Gasteiger partial charge in [0, 0.05) is 64.1 Å². The standard InChI is InChI=1S/C33H40N4O2/c38-33(37-24-22-36(23-25-37)29-7-5-8-29)26-34-18-20-35(21-19-34)30-15-12-28(13-16-30)27-6-4-11-32(17-14-27)39-31-9-2-1-3-10-31/h1-3,6,9-17,29H,4-5,7-8,18-26H2. The summed E-state index contributed by atoms with van der Waals surface area (Å²) < 4.78 is 6.01. The number of piperazine rings is 2. The molecule has 0 spiro atoms. The summed E-state index contributed by atoms with van der Waals surface area (Å²) in [6, 6.07) is 19.6. The lowest BCUT2D eigenvalue weighted by atomic mass is 9.91. The van der Waals surface area contributed by atoms with Crippen molar-refractivity contribution in [2.45, 2.75) is 31.7 Å². The number of carbonyl (C=O) groups is 1. The fraction of sp³-hybridized carbons (Fsp3) is 0.424. The van der Waals surface area contributed by atoms with Gasteiger partial charge in [-0.15, -0.1) is 0 Å². The molecule has 0 N–H and O–H groups in total. The third-order valence-corrected chi connectivity index (χ3v) is 8.62. The van der Waals surface area contributed by atoms with Gasteiger partial charge in [0.25, 0.3) is 0 Å². The van der Waals surface area contributed by atoms with E-state index < -0.39 is 0 Å². The number of hydrogen-bond donors (Lipinski definition) is 0. The first-order valence-electron chi connectivity index (χ1n) is 14.6. The minimum Gasteiger partial charge on any atom is -0.458 e. The minimum absolute atomic E-state index is 0.303. The van der Waals surface area contributed by atoms with Crippen LogP contribution < -0.4 is 9.64 Å². The van der Waals surface area contributed by atoms with Crippen molar-refractivity contribution in [3.63, 3.8) is 0 Å². The normalized spacial score (nSPS) is 21.1. The van der Waals surface area contributed by atoms with Crippen LogP contribution in [-0.4, -0.2) is 85.6 Å². The first kappa shape index (κ1) is 25.9. The van der Waals surface area contributed by atoms with Crippen LogP contribution in [0.3, 0.4) is 0 Å². The van der Waals surface area contributed by atoms with Gasteiger partial charge >= 0.3 is 0 Å². The molecular weight excluding hydrogens is 484 g/mol.